The first-order valence-corrected chi connectivity index (χ1v) is 8.65. The van der Waals surface area contributed by atoms with E-state index < -0.39 is 0 Å². The summed E-state index contributed by atoms with van der Waals surface area (Å²) in [6.45, 7) is 1.56. The lowest BCUT2D eigenvalue weighted by Crippen LogP contribution is -2.52. The number of amides is 1. The summed E-state index contributed by atoms with van der Waals surface area (Å²) >= 11 is 0. The average Bonchev–Trinajstić information content (AvgIpc) is 3.29. The Morgan fingerprint density at radius 3 is 3.04 bits per heavy atom. The maximum absolute atomic E-state index is 12.6. The fraction of sp³-hybridized carbons (Fsp3) is 0.529. The van der Waals surface area contributed by atoms with Gasteiger partial charge < -0.3 is 14.4 Å². The summed E-state index contributed by atoms with van der Waals surface area (Å²) in [7, 11) is 0. The standard InChI is InChI=1S/C17H21N5O3/c23-17(21-9-10-24-15-8-4-7-14(15)21)11-22-19-16(18-20-22)12-25-13-5-2-1-3-6-13/h1-3,5-6,14-15H,4,7-12H2/t14-,15+/m1/s1. The van der Waals surface area contributed by atoms with Crippen LogP contribution in [0.5, 0.6) is 5.75 Å². The lowest BCUT2D eigenvalue weighted by atomic mass is 10.1. The number of carbonyl (C=O) groups is 1. The molecule has 4 rings (SSSR count). The third-order valence-electron chi connectivity index (χ3n) is 4.68. The van der Waals surface area contributed by atoms with Crippen LogP contribution in [0.4, 0.5) is 0 Å². The molecule has 132 valence electrons. The number of morpholine rings is 1. The quantitative estimate of drug-likeness (QED) is 0.806. The van der Waals surface area contributed by atoms with Crippen molar-refractivity contribution in [1.29, 1.82) is 0 Å². The van der Waals surface area contributed by atoms with E-state index in [1.54, 1.807) is 0 Å². The van der Waals surface area contributed by atoms with Crippen LogP contribution in [-0.4, -0.2) is 56.3 Å². The van der Waals surface area contributed by atoms with Gasteiger partial charge in [-0.15, -0.1) is 10.2 Å². The van der Waals surface area contributed by atoms with E-state index >= 15 is 0 Å². The van der Waals surface area contributed by atoms with Gasteiger partial charge in [0.2, 0.25) is 11.7 Å². The molecule has 1 amide bonds. The molecule has 0 unspecified atom stereocenters. The molecule has 1 saturated heterocycles. The van der Waals surface area contributed by atoms with Crippen LogP contribution < -0.4 is 4.74 Å². The Balaban J connectivity index is 1.33. The van der Waals surface area contributed by atoms with Gasteiger partial charge in [0.25, 0.3) is 0 Å². The van der Waals surface area contributed by atoms with Gasteiger partial charge in [-0.25, -0.2) is 0 Å². The highest BCUT2D eigenvalue weighted by atomic mass is 16.5. The van der Waals surface area contributed by atoms with Crippen molar-refractivity contribution >= 4 is 5.91 Å². The van der Waals surface area contributed by atoms with Crippen molar-refractivity contribution in [3.63, 3.8) is 0 Å². The summed E-state index contributed by atoms with van der Waals surface area (Å²) in [6, 6.07) is 9.65. The van der Waals surface area contributed by atoms with Gasteiger partial charge in [0.1, 0.15) is 12.3 Å². The van der Waals surface area contributed by atoms with Crippen LogP contribution >= 0.6 is 0 Å². The van der Waals surface area contributed by atoms with E-state index in [1.807, 2.05) is 35.2 Å². The fourth-order valence-electron chi connectivity index (χ4n) is 3.51. The molecule has 0 radical (unpaired) electrons. The second-order valence-electron chi connectivity index (χ2n) is 6.33. The molecule has 25 heavy (non-hydrogen) atoms. The van der Waals surface area contributed by atoms with E-state index in [-0.39, 0.29) is 31.2 Å². The summed E-state index contributed by atoms with van der Waals surface area (Å²) < 4.78 is 11.3. The first-order valence-electron chi connectivity index (χ1n) is 8.65. The van der Waals surface area contributed by atoms with Crippen molar-refractivity contribution in [2.75, 3.05) is 13.2 Å². The number of rotatable bonds is 5. The molecule has 2 heterocycles. The normalized spacial score (nSPS) is 22.6. The van der Waals surface area contributed by atoms with Gasteiger partial charge >= 0.3 is 0 Å². The number of aromatic nitrogens is 4. The first kappa shape index (κ1) is 16.0. The Kier molecular flexibility index (Phi) is 4.60. The van der Waals surface area contributed by atoms with Gasteiger partial charge in [0.15, 0.2) is 6.61 Å². The maximum Gasteiger partial charge on any atom is 0.246 e. The summed E-state index contributed by atoms with van der Waals surface area (Å²) in [5.74, 6) is 1.22. The largest absolute Gasteiger partial charge is 0.485 e. The van der Waals surface area contributed by atoms with Crippen molar-refractivity contribution in [2.45, 2.75) is 44.6 Å². The Morgan fingerprint density at radius 1 is 1.28 bits per heavy atom. The molecule has 2 atom stereocenters. The van der Waals surface area contributed by atoms with Crippen molar-refractivity contribution in [2.24, 2.45) is 0 Å². The number of nitrogens with zero attached hydrogens (tertiary/aromatic N) is 5. The van der Waals surface area contributed by atoms with Crippen molar-refractivity contribution in [1.82, 2.24) is 25.1 Å². The summed E-state index contributed by atoms with van der Waals surface area (Å²) in [5.41, 5.74) is 0. The van der Waals surface area contributed by atoms with E-state index in [0.717, 1.165) is 25.0 Å². The predicted octanol–water partition coefficient (Wildman–Crippen LogP) is 1.03. The molecule has 0 N–H and O–H groups in total. The van der Waals surface area contributed by atoms with Gasteiger partial charge in [-0.05, 0) is 36.6 Å². The van der Waals surface area contributed by atoms with Gasteiger partial charge in [-0.2, -0.15) is 4.80 Å². The third-order valence-corrected chi connectivity index (χ3v) is 4.68. The van der Waals surface area contributed by atoms with E-state index in [2.05, 4.69) is 15.4 Å². The van der Waals surface area contributed by atoms with E-state index in [4.69, 9.17) is 9.47 Å². The molecule has 2 aliphatic rings. The van der Waals surface area contributed by atoms with Gasteiger partial charge in [0.05, 0.1) is 18.8 Å². The molecule has 8 heteroatoms. The predicted molar refractivity (Wildman–Crippen MR) is 87.7 cm³/mol. The van der Waals surface area contributed by atoms with E-state index in [1.165, 1.54) is 4.80 Å². The van der Waals surface area contributed by atoms with Crippen molar-refractivity contribution in [3.8, 4) is 5.75 Å². The number of ether oxygens (including phenoxy) is 2. The van der Waals surface area contributed by atoms with E-state index in [9.17, 15) is 4.79 Å². The number of carbonyl (C=O) groups excluding carboxylic acids is 1. The molecule has 0 spiro atoms. The molecule has 1 aromatic carbocycles. The van der Waals surface area contributed by atoms with Crippen LogP contribution in [0.1, 0.15) is 25.1 Å². The number of hydrogen-bond acceptors (Lipinski definition) is 6. The second-order valence-corrected chi connectivity index (χ2v) is 6.33. The highest BCUT2D eigenvalue weighted by molar-refractivity contribution is 5.76. The number of benzene rings is 1. The average molecular weight is 343 g/mol. The molecule has 1 aromatic heterocycles. The fourth-order valence-corrected chi connectivity index (χ4v) is 3.51. The summed E-state index contributed by atoms with van der Waals surface area (Å²) in [5, 5.41) is 12.2. The molecule has 0 bridgehead atoms. The zero-order chi connectivity index (χ0) is 17.1. The molecule has 1 aliphatic heterocycles. The lowest BCUT2D eigenvalue weighted by molar-refractivity contribution is -0.145. The first-order chi connectivity index (χ1) is 12.3. The molecule has 1 aliphatic carbocycles. The van der Waals surface area contributed by atoms with Crippen molar-refractivity contribution in [3.05, 3.63) is 36.2 Å². The third kappa shape index (κ3) is 3.63. The number of para-hydroxylation sites is 1. The highest BCUT2D eigenvalue weighted by Gasteiger charge is 2.38. The minimum Gasteiger partial charge on any atom is -0.485 e. The zero-order valence-corrected chi connectivity index (χ0v) is 14.0. The number of fused-ring (bicyclic) bond motifs is 1. The maximum atomic E-state index is 12.6. The minimum absolute atomic E-state index is 0.0214. The van der Waals surface area contributed by atoms with Crippen molar-refractivity contribution < 1.29 is 14.3 Å². The van der Waals surface area contributed by atoms with Crippen LogP contribution in [0, 0.1) is 0 Å². The molecular weight excluding hydrogens is 322 g/mol. The number of hydrogen-bond donors (Lipinski definition) is 0. The summed E-state index contributed by atoms with van der Waals surface area (Å²) in [6.07, 6.45) is 3.35. The molecular formula is C17H21N5O3. The Labute approximate surface area is 145 Å². The second kappa shape index (κ2) is 7.18. The van der Waals surface area contributed by atoms with Crippen LogP contribution in [0.25, 0.3) is 0 Å². The smallest absolute Gasteiger partial charge is 0.246 e. The Morgan fingerprint density at radius 2 is 2.16 bits per heavy atom. The zero-order valence-electron chi connectivity index (χ0n) is 14.0. The van der Waals surface area contributed by atoms with Gasteiger partial charge in [0, 0.05) is 6.54 Å². The lowest BCUT2D eigenvalue weighted by Gasteiger charge is -2.37. The monoisotopic (exact) mass is 343 g/mol. The van der Waals surface area contributed by atoms with Gasteiger partial charge in [-0.3, -0.25) is 4.79 Å². The highest BCUT2D eigenvalue weighted by Crippen LogP contribution is 2.29. The van der Waals surface area contributed by atoms with Crippen LogP contribution in [-0.2, 0) is 22.7 Å². The Bertz CT molecular complexity index is 720. The van der Waals surface area contributed by atoms with E-state index in [0.29, 0.717) is 19.0 Å². The molecule has 2 aromatic rings. The van der Waals surface area contributed by atoms with Gasteiger partial charge in [-0.1, -0.05) is 18.2 Å². The van der Waals surface area contributed by atoms with Crippen LogP contribution in [0.2, 0.25) is 0 Å². The summed E-state index contributed by atoms with van der Waals surface area (Å²) in [4.78, 5) is 15.9. The minimum atomic E-state index is 0.0214. The van der Waals surface area contributed by atoms with Crippen LogP contribution in [0.3, 0.4) is 0 Å². The topological polar surface area (TPSA) is 82.4 Å². The molecule has 2 fully saturated rings. The van der Waals surface area contributed by atoms with Crippen LogP contribution in [0.15, 0.2) is 30.3 Å². The molecule has 8 nitrogen and oxygen atoms in total. The number of tetrazole rings is 1. The SMILES string of the molecule is O=C(Cn1nnc(COc2ccccc2)n1)N1CCO[C@H]2CCC[C@H]21. The Hall–Kier alpha value is -2.48. The molecule has 1 saturated carbocycles.